The topological polar surface area (TPSA) is 33.7 Å². The number of nitrogens with one attached hydrogen (secondary N) is 1. The largest absolute Gasteiger partial charge is 0.383 e. The molecule has 1 N–H and O–H groups in total. The summed E-state index contributed by atoms with van der Waals surface area (Å²) in [6, 6.07) is 0.478. The Morgan fingerprint density at radius 3 is 3.00 bits per heavy atom. The van der Waals surface area contributed by atoms with Gasteiger partial charge in [-0.05, 0) is 20.4 Å². The lowest BCUT2D eigenvalue weighted by Gasteiger charge is -2.28. The Balaban J connectivity index is 2.11. The lowest BCUT2D eigenvalue weighted by molar-refractivity contribution is 0.0142. The van der Waals surface area contributed by atoms with Crippen LogP contribution in [0.1, 0.15) is 13.3 Å². The molecule has 0 spiro atoms. The summed E-state index contributed by atoms with van der Waals surface area (Å²) in [5.74, 6) is 0. The molecule has 1 aliphatic rings. The fraction of sp³-hybridized carbons (Fsp3) is 1.00. The van der Waals surface area contributed by atoms with Crippen LogP contribution in [0.4, 0.5) is 0 Å². The van der Waals surface area contributed by atoms with Gasteiger partial charge < -0.3 is 19.7 Å². The van der Waals surface area contributed by atoms with Crippen molar-refractivity contribution in [3.8, 4) is 0 Å². The van der Waals surface area contributed by atoms with Crippen LogP contribution in [-0.2, 0) is 9.47 Å². The Kier molecular flexibility index (Phi) is 6.17. The fourth-order valence-electron chi connectivity index (χ4n) is 1.74. The zero-order valence-corrected chi connectivity index (χ0v) is 10.2. The van der Waals surface area contributed by atoms with Crippen molar-refractivity contribution >= 4 is 0 Å². The first-order valence-electron chi connectivity index (χ1n) is 5.75. The van der Waals surface area contributed by atoms with Crippen LogP contribution in [0.25, 0.3) is 0 Å². The Bertz CT molecular complexity index is 161. The maximum absolute atomic E-state index is 5.65. The van der Waals surface area contributed by atoms with Crippen LogP contribution in [0.15, 0.2) is 0 Å². The van der Waals surface area contributed by atoms with Gasteiger partial charge in [0.2, 0.25) is 0 Å². The second-order valence-electron chi connectivity index (χ2n) is 4.27. The second kappa shape index (κ2) is 7.17. The molecule has 4 heteroatoms. The maximum Gasteiger partial charge on any atom is 0.0712 e. The van der Waals surface area contributed by atoms with Crippen molar-refractivity contribution in [3.05, 3.63) is 0 Å². The number of methoxy groups -OCH3 is 1. The van der Waals surface area contributed by atoms with Crippen LogP contribution in [0, 0.1) is 0 Å². The zero-order chi connectivity index (χ0) is 11.1. The minimum atomic E-state index is 0.385. The number of rotatable bonds is 6. The molecule has 1 aliphatic heterocycles. The lowest BCUT2D eigenvalue weighted by atomic mass is 10.2. The Labute approximate surface area is 92.9 Å². The van der Waals surface area contributed by atoms with E-state index in [9.17, 15) is 0 Å². The molecule has 0 aromatic rings. The zero-order valence-electron chi connectivity index (χ0n) is 10.2. The summed E-state index contributed by atoms with van der Waals surface area (Å²) in [4.78, 5) is 2.32. The number of hydrogen-bond acceptors (Lipinski definition) is 4. The van der Waals surface area contributed by atoms with Gasteiger partial charge in [0, 0.05) is 32.8 Å². The van der Waals surface area contributed by atoms with Gasteiger partial charge in [-0.1, -0.05) is 0 Å². The van der Waals surface area contributed by atoms with Crippen molar-refractivity contribution in [3.63, 3.8) is 0 Å². The number of ether oxygens (including phenoxy) is 2. The summed E-state index contributed by atoms with van der Waals surface area (Å²) >= 11 is 0. The first-order valence-corrected chi connectivity index (χ1v) is 5.75. The number of morpholine rings is 1. The number of likely N-dealkylation sites (N-methyl/N-ethyl adjacent to an activating group) is 1. The molecule has 2 atom stereocenters. The molecule has 1 heterocycles. The SMILES string of the molecule is COCC(C)N(C)CCC1CNCCO1. The molecule has 0 aromatic heterocycles. The predicted octanol–water partition coefficient (Wildman–Crippen LogP) is 0.332. The van der Waals surface area contributed by atoms with Crippen molar-refractivity contribution < 1.29 is 9.47 Å². The number of nitrogens with zero attached hydrogens (tertiary/aromatic N) is 1. The summed E-state index contributed by atoms with van der Waals surface area (Å²) < 4.78 is 10.8. The Morgan fingerprint density at radius 2 is 2.40 bits per heavy atom. The predicted molar refractivity (Wildman–Crippen MR) is 61.2 cm³/mol. The van der Waals surface area contributed by atoms with Crippen LogP contribution >= 0.6 is 0 Å². The molecule has 0 saturated carbocycles. The van der Waals surface area contributed by atoms with Crippen LogP contribution in [0.5, 0.6) is 0 Å². The third-order valence-corrected chi connectivity index (χ3v) is 2.97. The quantitative estimate of drug-likeness (QED) is 0.694. The highest BCUT2D eigenvalue weighted by Gasteiger charge is 2.15. The van der Waals surface area contributed by atoms with E-state index in [4.69, 9.17) is 9.47 Å². The third-order valence-electron chi connectivity index (χ3n) is 2.97. The van der Waals surface area contributed by atoms with Gasteiger partial charge in [0.1, 0.15) is 0 Å². The molecule has 0 aliphatic carbocycles. The van der Waals surface area contributed by atoms with E-state index in [1.54, 1.807) is 7.11 Å². The average molecular weight is 216 g/mol. The summed E-state index contributed by atoms with van der Waals surface area (Å²) in [7, 11) is 3.89. The van der Waals surface area contributed by atoms with E-state index in [1.807, 2.05) is 0 Å². The van der Waals surface area contributed by atoms with Gasteiger partial charge in [-0.3, -0.25) is 0 Å². The fourth-order valence-corrected chi connectivity index (χ4v) is 1.74. The van der Waals surface area contributed by atoms with Crippen LogP contribution in [-0.4, -0.2) is 64.1 Å². The standard InChI is InChI=1S/C11H24N2O2/c1-10(9-14-3)13(2)6-4-11-8-12-5-7-15-11/h10-12H,4-9H2,1-3H3. The van der Waals surface area contributed by atoms with Crippen LogP contribution in [0.2, 0.25) is 0 Å². The molecule has 15 heavy (non-hydrogen) atoms. The first-order chi connectivity index (χ1) is 7.24. The summed E-state index contributed by atoms with van der Waals surface area (Å²) in [5.41, 5.74) is 0. The highest BCUT2D eigenvalue weighted by atomic mass is 16.5. The highest BCUT2D eigenvalue weighted by Crippen LogP contribution is 2.04. The van der Waals surface area contributed by atoms with Crippen molar-refractivity contribution in [1.29, 1.82) is 0 Å². The van der Waals surface area contributed by atoms with E-state index >= 15 is 0 Å². The molecule has 4 nitrogen and oxygen atoms in total. The number of hydrogen-bond donors (Lipinski definition) is 1. The molecule has 0 bridgehead atoms. The monoisotopic (exact) mass is 216 g/mol. The highest BCUT2D eigenvalue weighted by molar-refractivity contribution is 4.70. The molecular weight excluding hydrogens is 192 g/mol. The molecular formula is C11H24N2O2. The lowest BCUT2D eigenvalue weighted by Crippen LogP contribution is -2.41. The van der Waals surface area contributed by atoms with Crippen molar-refractivity contribution in [1.82, 2.24) is 10.2 Å². The van der Waals surface area contributed by atoms with Crippen molar-refractivity contribution in [2.75, 3.05) is 47.0 Å². The summed E-state index contributed by atoms with van der Waals surface area (Å²) in [5, 5.41) is 3.34. The molecule has 1 rings (SSSR count). The average Bonchev–Trinajstić information content (AvgIpc) is 2.27. The molecule has 90 valence electrons. The van der Waals surface area contributed by atoms with Gasteiger partial charge in [-0.2, -0.15) is 0 Å². The molecule has 0 radical (unpaired) electrons. The Morgan fingerprint density at radius 1 is 1.60 bits per heavy atom. The molecule has 0 amide bonds. The van der Waals surface area contributed by atoms with Gasteiger partial charge in [0.05, 0.1) is 19.3 Å². The maximum atomic E-state index is 5.65. The van der Waals surface area contributed by atoms with Gasteiger partial charge in [-0.15, -0.1) is 0 Å². The molecule has 1 saturated heterocycles. The first kappa shape index (κ1) is 12.9. The minimum Gasteiger partial charge on any atom is -0.383 e. The normalized spacial score (nSPS) is 24.4. The third kappa shape index (κ3) is 4.93. The molecule has 1 fully saturated rings. The minimum absolute atomic E-state index is 0.385. The second-order valence-corrected chi connectivity index (χ2v) is 4.27. The Hall–Kier alpha value is -0.160. The van der Waals surface area contributed by atoms with E-state index in [2.05, 4.69) is 24.2 Å². The molecule has 0 aromatic carbocycles. The van der Waals surface area contributed by atoms with Crippen molar-refractivity contribution in [2.45, 2.75) is 25.5 Å². The van der Waals surface area contributed by atoms with E-state index < -0.39 is 0 Å². The van der Waals surface area contributed by atoms with Crippen molar-refractivity contribution in [2.24, 2.45) is 0 Å². The smallest absolute Gasteiger partial charge is 0.0712 e. The van der Waals surface area contributed by atoms with E-state index in [1.165, 1.54) is 0 Å². The van der Waals surface area contributed by atoms with Gasteiger partial charge in [0.25, 0.3) is 0 Å². The van der Waals surface area contributed by atoms with Crippen LogP contribution < -0.4 is 5.32 Å². The van der Waals surface area contributed by atoms with Gasteiger partial charge in [-0.25, -0.2) is 0 Å². The molecule has 2 unspecified atom stereocenters. The van der Waals surface area contributed by atoms with Gasteiger partial charge in [0.15, 0.2) is 0 Å². The van der Waals surface area contributed by atoms with E-state index in [-0.39, 0.29) is 0 Å². The van der Waals surface area contributed by atoms with Crippen LogP contribution in [0.3, 0.4) is 0 Å². The van der Waals surface area contributed by atoms with E-state index in [0.29, 0.717) is 12.1 Å². The van der Waals surface area contributed by atoms with Gasteiger partial charge >= 0.3 is 0 Å². The summed E-state index contributed by atoms with van der Waals surface area (Å²) in [6.45, 7) is 6.88. The van der Waals surface area contributed by atoms with E-state index in [0.717, 1.165) is 39.3 Å². The summed E-state index contributed by atoms with van der Waals surface area (Å²) in [6.07, 6.45) is 1.48.